The Kier molecular flexibility index (Phi) is 29.6. The van der Waals surface area contributed by atoms with Crippen molar-refractivity contribution in [2.45, 2.75) is 262 Å². The Bertz CT molecular complexity index is 4770. The molecule has 0 saturated heterocycles. The van der Waals surface area contributed by atoms with Crippen molar-refractivity contribution in [3.05, 3.63) is 115 Å². The van der Waals surface area contributed by atoms with Crippen LogP contribution >= 0.6 is 68.0 Å². The minimum atomic E-state index is -0.515. The second kappa shape index (κ2) is 38.9. The number of nitrogens with zero attached hydrogens (tertiary/aromatic N) is 4. The van der Waals surface area contributed by atoms with E-state index in [1.54, 1.807) is 57.5 Å². The first-order valence-corrected chi connectivity index (χ1v) is 47.7. The third kappa shape index (κ3) is 18.5. The van der Waals surface area contributed by atoms with Gasteiger partial charge in [0, 0.05) is 0 Å². The van der Waals surface area contributed by atoms with Crippen molar-refractivity contribution in [1.29, 1.82) is 0 Å². The van der Waals surface area contributed by atoms with Crippen molar-refractivity contribution >= 4 is 140 Å². The number of hydrogen-bond donors (Lipinski definition) is 0. The molecule has 106 heavy (non-hydrogen) atoms. The van der Waals surface area contributed by atoms with Gasteiger partial charge in [-0.1, -0.05) is 144 Å². The van der Waals surface area contributed by atoms with Gasteiger partial charge in [0.1, 0.15) is 0 Å². The van der Waals surface area contributed by atoms with E-state index in [9.17, 15) is 0 Å². The molecule has 0 radical (unpaired) electrons. The number of rotatable bonds is 43. The van der Waals surface area contributed by atoms with E-state index in [2.05, 4.69) is 81.4 Å². The molecule has 0 N–H and O–H groups in total. The molecule has 12 aromatic rings. The number of benzene rings is 4. The number of aromatic nitrogens is 4. The van der Waals surface area contributed by atoms with Crippen LogP contribution in [0, 0.1) is 62.8 Å². The first-order chi connectivity index (χ1) is 51.7. The van der Waals surface area contributed by atoms with E-state index in [-0.39, 0.29) is 37.7 Å². The van der Waals surface area contributed by atoms with E-state index >= 15 is 17.6 Å². The molecular weight excluding hydrogens is 1570 g/mol. The van der Waals surface area contributed by atoms with Gasteiger partial charge in [-0.15, -0.1) is 0 Å². The quantitative estimate of drug-likeness (QED) is 0.0215. The number of aryl methyl sites for hydroxylation is 2. The van der Waals surface area contributed by atoms with Gasteiger partial charge >= 0.3 is 526 Å². The molecule has 6 nitrogen and oxygen atoms in total. The first-order valence-electron chi connectivity index (χ1n) is 39.8. The molecule has 0 aliphatic heterocycles. The summed E-state index contributed by atoms with van der Waals surface area (Å²) in [5.41, 5.74) is 11.3. The zero-order valence-corrected chi connectivity index (χ0v) is 72.3. The predicted molar refractivity (Wildman–Crippen MR) is 454 cm³/mol. The summed E-state index contributed by atoms with van der Waals surface area (Å²) < 4.78 is 104. The Morgan fingerprint density at radius 1 is 0.349 bits per heavy atom. The number of halogens is 4. The number of ether oxygens (including phenoxy) is 2. The summed E-state index contributed by atoms with van der Waals surface area (Å²) in [6, 6.07) is 18.6. The third-order valence-corrected chi connectivity index (χ3v) is 30.7. The Balaban J connectivity index is 0.904. The standard InChI is InChI=1S/C88H106F4N4O2S6Se2/c1-11-17-21-23-25-27-29-31-33-35-43-97-85-54(8)76(82-81(56(85)10)93-105-94-82)69-41-39-67(100-69)59-48-64(90)60(49-63(59)89)68-40-42-70(101-68)80-84-83(95-106-96-84)77(55(9)86(80)98-44-36-34-32-30-28-26-24-22-18-12-2)73-50-62-79(75-52-66(92)72(103-75)47-58(16-6)38-20-14-4)87-61(45-53(7)99-87)78(88(62)104-73)74-51-65(91)71(102-74)46-57(15-5)37-19-13-3/h39-42,45,48-52,57-58H,11-38,43-44,46-47H2,1-10H3. The van der Waals surface area contributed by atoms with Crippen molar-refractivity contribution in [3.63, 3.8) is 0 Å². The van der Waals surface area contributed by atoms with Crippen molar-refractivity contribution in [1.82, 2.24) is 15.9 Å². The second-order valence-electron chi connectivity index (χ2n) is 29.5. The average Bonchev–Trinajstić information content (AvgIpc) is 1.56. The van der Waals surface area contributed by atoms with Crippen LogP contribution in [0.25, 0.3) is 115 Å². The van der Waals surface area contributed by atoms with Crippen molar-refractivity contribution < 1.29 is 27.0 Å². The van der Waals surface area contributed by atoms with Gasteiger partial charge < -0.3 is 0 Å². The fraction of sp³-hybridized carbons (Fsp3) is 0.500. The number of unbranched alkanes of at least 4 members (excludes halogenated alkanes) is 20. The molecule has 0 aliphatic rings. The Labute approximate surface area is 664 Å². The molecule has 566 valence electrons. The number of hydrogen-bond acceptors (Lipinski definition) is 12. The normalized spacial score (nSPS) is 12.6. The molecule has 4 aromatic carbocycles. The van der Waals surface area contributed by atoms with Gasteiger partial charge in [0.2, 0.25) is 0 Å². The van der Waals surface area contributed by atoms with Crippen molar-refractivity contribution in [2.75, 3.05) is 13.2 Å². The summed E-state index contributed by atoms with van der Waals surface area (Å²) in [6.45, 7) is 23.0. The molecule has 12 rings (SSSR count). The van der Waals surface area contributed by atoms with Crippen LogP contribution in [0.3, 0.4) is 0 Å². The van der Waals surface area contributed by atoms with E-state index in [1.165, 1.54) is 131 Å². The Morgan fingerprint density at radius 3 is 1.23 bits per heavy atom. The predicted octanol–water partition coefficient (Wildman–Crippen LogP) is 29.9. The monoisotopic (exact) mass is 1680 g/mol. The van der Waals surface area contributed by atoms with Crippen molar-refractivity contribution in [3.8, 4) is 84.6 Å². The van der Waals surface area contributed by atoms with Crippen LogP contribution in [-0.2, 0) is 12.8 Å². The van der Waals surface area contributed by atoms with Gasteiger partial charge in [0.15, 0.2) is 0 Å². The Hall–Kier alpha value is -4.84. The molecule has 0 fully saturated rings. The third-order valence-electron chi connectivity index (χ3n) is 21.7. The minimum absolute atomic E-state index is 0.145. The van der Waals surface area contributed by atoms with Crippen LogP contribution in [0.15, 0.2) is 60.7 Å². The molecule has 0 amide bonds. The van der Waals surface area contributed by atoms with Crippen LogP contribution in [-0.4, -0.2) is 59.1 Å². The summed E-state index contributed by atoms with van der Waals surface area (Å²) in [7, 11) is 0. The Morgan fingerprint density at radius 2 is 0.736 bits per heavy atom. The number of thiophene rings is 6. The van der Waals surface area contributed by atoms with E-state index in [1.807, 2.05) is 24.3 Å². The zero-order valence-electron chi connectivity index (χ0n) is 63.9. The van der Waals surface area contributed by atoms with E-state index in [0.29, 0.717) is 53.4 Å². The van der Waals surface area contributed by atoms with Gasteiger partial charge in [-0.05, 0) is 0 Å². The topological polar surface area (TPSA) is 70.0 Å². The molecule has 0 aliphatic carbocycles. The summed E-state index contributed by atoms with van der Waals surface area (Å²) in [5.74, 6) is 1.04. The average molecular weight is 1680 g/mol. The molecule has 0 bridgehead atoms. The summed E-state index contributed by atoms with van der Waals surface area (Å²) in [5, 5.41) is 2.08. The van der Waals surface area contributed by atoms with Gasteiger partial charge in [0.25, 0.3) is 0 Å². The van der Waals surface area contributed by atoms with E-state index in [0.717, 1.165) is 215 Å². The number of fused-ring (bicyclic) bond motifs is 4. The first kappa shape index (κ1) is 80.7. The van der Waals surface area contributed by atoms with E-state index in [4.69, 9.17) is 25.4 Å². The fourth-order valence-electron chi connectivity index (χ4n) is 15.5. The molecule has 2 unspecified atom stereocenters. The molecule has 18 heteroatoms. The fourth-order valence-corrected chi connectivity index (χ4v) is 25.2. The van der Waals surface area contributed by atoms with Crippen LogP contribution in [0.5, 0.6) is 11.5 Å². The maximum absolute atomic E-state index is 17.2. The molecule has 0 spiro atoms. The SMILES string of the molecule is CCCCCCCCCCCCOc1c(C)c(-c2ccc(-c3cc(F)c(-c4ccc(-c5c(OCCCCCCCCCCCC)c(C)c(-c6cc7c(-c8cc(F)c(CC(CC)CCCC)s8)c8sc(C)cc8c(-c8cc(F)c(CC(CC)CCCC)s8)c7s6)c6n[se]nc56)s4)cc3F)s2)c2n[se]nc2c1C. The summed E-state index contributed by atoms with van der Waals surface area (Å²) in [6.07, 6.45) is 34.5. The van der Waals surface area contributed by atoms with Gasteiger partial charge in [-0.25, -0.2) is 0 Å². The second-order valence-corrected chi connectivity index (χ2v) is 38.5. The molecule has 8 aromatic heterocycles. The summed E-state index contributed by atoms with van der Waals surface area (Å²) in [4.78, 5) is 8.50. The molecule has 2 atom stereocenters. The van der Waals surface area contributed by atoms with E-state index < -0.39 is 26.6 Å². The van der Waals surface area contributed by atoms with Crippen LogP contribution in [0.2, 0.25) is 0 Å². The zero-order chi connectivity index (χ0) is 74.4. The van der Waals surface area contributed by atoms with Crippen LogP contribution < -0.4 is 9.47 Å². The molecule has 0 saturated carbocycles. The molecular formula is C88H106F4N4O2S6Se2. The van der Waals surface area contributed by atoms with Gasteiger partial charge in [-0.2, -0.15) is 0 Å². The molecule has 8 heterocycles. The maximum atomic E-state index is 17.2. The van der Waals surface area contributed by atoms with Crippen LogP contribution in [0.4, 0.5) is 17.6 Å². The van der Waals surface area contributed by atoms with Crippen molar-refractivity contribution in [2.24, 2.45) is 11.8 Å². The summed E-state index contributed by atoms with van der Waals surface area (Å²) >= 11 is 8.69. The van der Waals surface area contributed by atoms with Crippen LogP contribution in [0.1, 0.15) is 253 Å². The van der Waals surface area contributed by atoms with Gasteiger partial charge in [0.05, 0.1) is 0 Å². The van der Waals surface area contributed by atoms with Gasteiger partial charge in [-0.3, -0.25) is 0 Å².